The van der Waals surface area contributed by atoms with Crippen LogP contribution in [-0.2, 0) is 4.79 Å². The van der Waals surface area contributed by atoms with Crippen LogP contribution in [0.25, 0.3) is 0 Å². The summed E-state index contributed by atoms with van der Waals surface area (Å²) in [5, 5.41) is 3.31. The summed E-state index contributed by atoms with van der Waals surface area (Å²) in [6, 6.07) is 10.2. The third-order valence-corrected chi connectivity index (χ3v) is 5.56. The van der Waals surface area contributed by atoms with Crippen molar-refractivity contribution in [1.82, 2.24) is 15.1 Å². The summed E-state index contributed by atoms with van der Waals surface area (Å²) in [5.74, 6) is 0.564. The van der Waals surface area contributed by atoms with Crippen LogP contribution < -0.4 is 11.1 Å². The number of nitrogens with two attached hydrogens (primary N) is 1. The lowest BCUT2D eigenvalue weighted by atomic mass is 10.0. The summed E-state index contributed by atoms with van der Waals surface area (Å²) in [7, 11) is 2.14. The number of piperazine rings is 1. The van der Waals surface area contributed by atoms with E-state index in [9.17, 15) is 4.79 Å². The number of rotatable bonds is 5. The highest BCUT2D eigenvalue weighted by atomic mass is 35.5. The fraction of sp³-hybridized carbons (Fsp3) is 0.632. The molecule has 0 aromatic heterocycles. The molecule has 1 aliphatic carbocycles. The Labute approximate surface area is 169 Å². The maximum Gasteiger partial charge on any atom is 0.242 e. The third-order valence-electron chi connectivity index (χ3n) is 5.56. The largest absolute Gasteiger partial charge is 0.351 e. The normalized spacial score (nSPS) is 25.0. The third kappa shape index (κ3) is 5.57. The highest BCUT2D eigenvalue weighted by molar-refractivity contribution is 5.85. The van der Waals surface area contributed by atoms with Gasteiger partial charge in [-0.1, -0.05) is 36.8 Å². The van der Waals surface area contributed by atoms with E-state index in [1.54, 1.807) is 0 Å². The fourth-order valence-corrected chi connectivity index (χ4v) is 4.01. The summed E-state index contributed by atoms with van der Waals surface area (Å²) in [5.41, 5.74) is 6.96. The number of benzene rings is 1. The van der Waals surface area contributed by atoms with Gasteiger partial charge in [-0.2, -0.15) is 0 Å². The van der Waals surface area contributed by atoms with E-state index in [1.165, 1.54) is 0 Å². The van der Waals surface area contributed by atoms with Crippen LogP contribution in [0.5, 0.6) is 0 Å². The molecule has 1 saturated heterocycles. The molecule has 1 amide bonds. The van der Waals surface area contributed by atoms with E-state index in [0.717, 1.165) is 51.0 Å². The van der Waals surface area contributed by atoms with Crippen molar-refractivity contribution in [3.05, 3.63) is 35.9 Å². The Morgan fingerprint density at radius 3 is 2.42 bits per heavy atom. The van der Waals surface area contributed by atoms with Crippen molar-refractivity contribution in [3.63, 3.8) is 0 Å². The zero-order valence-electron chi connectivity index (χ0n) is 15.5. The van der Waals surface area contributed by atoms with E-state index in [0.29, 0.717) is 12.5 Å². The number of amides is 1. The van der Waals surface area contributed by atoms with Crippen molar-refractivity contribution in [3.8, 4) is 0 Å². The molecular weight excluding hydrogens is 371 g/mol. The molecule has 0 radical (unpaired) electrons. The minimum atomic E-state index is -0.195. The Balaban J connectivity index is 0.00000169. The van der Waals surface area contributed by atoms with Crippen LogP contribution in [-0.4, -0.2) is 61.5 Å². The van der Waals surface area contributed by atoms with Crippen molar-refractivity contribution in [2.45, 2.75) is 31.3 Å². The summed E-state index contributed by atoms with van der Waals surface area (Å²) in [6.45, 7) is 4.52. The number of carbonyl (C=O) groups excluding carboxylic acids is 1. The zero-order valence-corrected chi connectivity index (χ0v) is 17.1. The first-order valence-corrected chi connectivity index (χ1v) is 9.17. The Bertz CT molecular complexity index is 538. The van der Waals surface area contributed by atoms with Crippen molar-refractivity contribution >= 4 is 30.7 Å². The summed E-state index contributed by atoms with van der Waals surface area (Å²) in [4.78, 5) is 17.8. The SMILES string of the molecule is CN1CCN(C(C(=O)NC2CCCC2CN)c2ccccc2)CC1.Cl.Cl. The first-order valence-electron chi connectivity index (χ1n) is 9.17. The van der Waals surface area contributed by atoms with Gasteiger partial charge < -0.3 is 16.0 Å². The van der Waals surface area contributed by atoms with E-state index >= 15 is 0 Å². The smallest absolute Gasteiger partial charge is 0.242 e. The number of carbonyl (C=O) groups is 1. The first-order chi connectivity index (χ1) is 11.7. The molecule has 2 fully saturated rings. The van der Waals surface area contributed by atoms with Crippen molar-refractivity contribution < 1.29 is 4.79 Å². The molecule has 26 heavy (non-hydrogen) atoms. The van der Waals surface area contributed by atoms with Gasteiger partial charge in [0.2, 0.25) is 5.91 Å². The van der Waals surface area contributed by atoms with Gasteiger partial charge in [0.25, 0.3) is 0 Å². The predicted octanol–water partition coefficient (Wildman–Crippen LogP) is 2.06. The Kier molecular flexibility index (Phi) is 9.90. The second-order valence-electron chi connectivity index (χ2n) is 7.19. The van der Waals surface area contributed by atoms with Gasteiger partial charge in [0.1, 0.15) is 6.04 Å². The van der Waals surface area contributed by atoms with E-state index in [2.05, 4.69) is 34.3 Å². The van der Waals surface area contributed by atoms with Crippen LogP contribution in [0.3, 0.4) is 0 Å². The van der Waals surface area contributed by atoms with Crippen LogP contribution >= 0.6 is 24.8 Å². The Hall–Kier alpha value is -0.850. The lowest BCUT2D eigenvalue weighted by molar-refractivity contribution is -0.128. The van der Waals surface area contributed by atoms with Crippen molar-refractivity contribution in [2.24, 2.45) is 11.7 Å². The van der Waals surface area contributed by atoms with Crippen molar-refractivity contribution in [2.75, 3.05) is 39.8 Å². The average Bonchev–Trinajstić information content (AvgIpc) is 3.05. The number of nitrogens with one attached hydrogen (secondary N) is 1. The molecule has 3 N–H and O–H groups in total. The lowest BCUT2D eigenvalue weighted by Gasteiger charge is -2.38. The van der Waals surface area contributed by atoms with Gasteiger partial charge >= 0.3 is 0 Å². The molecule has 1 heterocycles. The molecule has 1 aromatic carbocycles. The fourth-order valence-electron chi connectivity index (χ4n) is 4.01. The molecule has 1 aromatic rings. The zero-order chi connectivity index (χ0) is 16.9. The first kappa shape index (κ1) is 23.2. The molecule has 5 nitrogen and oxygen atoms in total. The van der Waals surface area contributed by atoms with Gasteiger partial charge in [0.15, 0.2) is 0 Å². The van der Waals surface area contributed by atoms with Crippen LogP contribution in [0.2, 0.25) is 0 Å². The van der Waals surface area contributed by atoms with Crippen LogP contribution in [0.1, 0.15) is 30.9 Å². The molecule has 3 atom stereocenters. The molecule has 3 unspecified atom stereocenters. The molecular formula is C19H32Cl2N4O. The molecule has 3 rings (SSSR count). The molecule has 0 bridgehead atoms. The molecule has 0 spiro atoms. The van der Waals surface area contributed by atoms with Gasteiger partial charge in [0.05, 0.1) is 0 Å². The minimum absolute atomic E-state index is 0. The van der Waals surface area contributed by atoms with E-state index in [4.69, 9.17) is 5.73 Å². The Morgan fingerprint density at radius 2 is 1.81 bits per heavy atom. The number of nitrogens with zero attached hydrogens (tertiary/aromatic N) is 2. The predicted molar refractivity (Wildman–Crippen MR) is 111 cm³/mol. The number of hydrogen-bond acceptors (Lipinski definition) is 4. The molecule has 2 aliphatic rings. The monoisotopic (exact) mass is 402 g/mol. The van der Waals surface area contributed by atoms with Crippen LogP contribution in [0.15, 0.2) is 30.3 Å². The minimum Gasteiger partial charge on any atom is -0.351 e. The maximum atomic E-state index is 13.1. The van der Waals surface area contributed by atoms with Crippen LogP contribution in [0, 0.1) is 5.92 Å². The van der Waals surface area contributed by atoms with Gasteiger partial charge in [-0.3, -0.25) is 9.69 Å². The highest BCUT2D eigenvalue weighted by Crippen LogP contribution is 2.27. The number of likely N-dealkylation sites (N-methyl/N-ethyl adjacent to an activating group) is 1. The summed E-state index contributed by atoms with van der Waals surface area (Å²) < 4.78 is 0. The standard InChI is InChI=1S/C19H30N4O.2ClH/c1-22-10-12-23(13-11-22)18(15-6-3-2-4-7-15)19(24)21-17-9-5-8-16(17)14-20;;/h2-4,6-7,16-18H,5,8-14,20H2,1H3,(H,21,24);2*1H. The lowest BCUT2D eigenvalue weighted by Crippen LogP contribution is -2.51. The molecule has 7 heteroatoms. The van der Waals surface area contributed by atoms with Crippen LogP contribution in [0.4, 0.5) is 0 Å². The van der Waals surface area contributed by atoms with Gasteiger partial charge in [-0.05, 0) is 37.9 Å². The summed E-state index contributed by atoms with van der Waals surface area (Å²) in [6.07, 6.45) is 3.35. The molecule has 1 saturated carbocycles. The van der Waals surface area contributed by atoms with Gasteiger partial charge in [-0.25, -0.2) is 0 Å². The second-order valence-corrected chi connectivity index (χ2v) is 7.19. The topological polar surface area (TPSA) is 61.6 Å². The molecule has 1 aliphatic heterocycles. The number of hydrogen-bond donors (Lipinski definition) is 2. The second kappa shape index (κ2) is 11.1. The maximum absolute atomic E-state index is 13.1. The van der Waals surface area contributed by atoms with E-state index < -0.39 is 0 Å². The van der Waals surface area contributed by atoms with E-state index in [1.807, 2.05) is 18.2 Å². The number of halogens is 2. The quantitative estimate of drug-likeness (QED) is 0.790. The average molecular weight is 403 g/mol. The van der Waals surface area contributed by atoms with Gasteiger partial charge in [0, 0.05) is 32.2 Å². The van der Waals surface area contributed by atoms with E-state index in [-0.39, 0.29) is 42.8 Å². The summed E-state index contributed by atoms with van der Waals surface area (Å²) >= 11 is 0. The highest BCUT2D eigenvalue weighted by Gasteiger charge is 2.33. The Morgan fingerprint density at radius 1 is 1.15 bits per heavy atom. The van der Waals surface area contributed by atoms with Gasteiger partial charge in [-0.15, -0.1) is 24.8 Å². The molecule has 148 valence electrons. The van der Waals surface area contributed by atoms with Crippen molar-refractivity contribution in [1.29, 1.82) is 0 Å².